The summed E-state index contributed by atoms with van der Waals surface area (Å²) in [4.78, 5) is 4.00. The average molecular weight is 425 g/mol. The third kappa shape index (κ3) is 3.84. The van der Waals surface area contributed by atoms with Gasteiger partial charge < -0.3 is 14.0 Å². The van der Waals surface area contributed by atoms with Gasteiger partial charge in [0.15, 0.2) is 0 Å². The van der Waals surface area contributed by atoms with Crippen molar-refractivity contribution in [1.82, 2.24) is 4.98 Å². The first-order valence-corrected chi connectivity index (χ1v) is 10.5. The average Bonchev–Trinajstić information content (AvgIpc) is 2.84. The molecule has 1 N–H and O–H groups in total. The zero-order valence-electron chi connectivity index (χ0n) is 16.3. The van der Waals surface area contributed by atoms with Gasteiger partial charge in [0.2, 0.25) is 5.88 Å². The van der Waals surface area contributed by atoms with Crippen LogP contribution in [0, 0.1) is 0 Å². The number of ether oxygens (including phenoxy) is 1. The van der Waals surface area contributed by atoms with Crippen molar-refractivity contribution in [2.45, 2.75) is 43.8 Å². The quantitative estimate of drug-likeness (QED) is 0.743. The van der Waals surface area contributed by atoms with Crippen LogP contribution in [0.4, 0.5) is 5.69 Å². The van der Waals surface area contributed by atoms with Gasteiger partial charge in [0, 0.05) is 11.7 Å². The Morgan fingerprint density at radius 1 is 1.14 bits per heavy atom. The molecular formula is C18H22BClN2O5S. The van der Waals surface area contributed by atoms with Crippen LogP contribution >= 0.6 is 11.6 Å². The third-order valence-corrected chi connectivity index (χ3v) is 6.66. The van der Waals surface area contributed by atoms with Gasteiger partial charge in [0.25, 0.3) is 10.0 Å². The Morgan fingerprint density at radius 3 is 2.32 bits per heavy atom. The summed E-state index contributed by atoms with van der Waals surface area (Å²) in [6, 6.07) is 7.99. The predicted molar refractivity (Wildman–Crippen MR) is 109 cm³/mol. The maximum Gasteiger partial charge on any atom is 0.496 e. The minimum atomic E-state index is -4.02. The molecule has 150 valence electrons. The van der Waals surface area contributed by atoms with E-state index in [-0.39, 0.29) is 21.5 Å². The van der Waals surface area contributed by atoms with E-state index in [0.29, 0.717) is 5.46 Å². The molecule has 1 fully saturated rings. The lowest BCUT2D eigenvalue weighted by molar-refractivity contribution is 0.00578. The van der Waals surface area contributed by atoms with Gasteiger partial charge in [-0.05, 0) is 45.9 Å². The molecule has 0 radical (unpaired) electrons. The molecule has 7 nitrogen and oxygen atoms in total. The van der Waals surface area contributed by atoms with Crippen molar-refractivity contribution < 1.29 is 22.5 Å². The molecular weight excluding hydrogens is 403 g/mol. The zero-order chi connectivity index (χ0) is 20.7. The summed E-state index contributed by atoms with van der Waals surface area (Å²) >= 11 is 6.08. The SMILES string of the molecule is COc1ncc(B2OC(C)(C)C(C)(C)O2)cc1S(=O)(=O)Nc1ccccc1Cl. The van der Waals surface area contributed by atoms with Crippen LogP contribution in [0.2, 0.25) is 5.02 Å². The second-order valence-electron chi connectivity index (χ2n) is 7.45. The molecule has 0 amide bonds. The monoisotopic (exact) mass is 424 g/mol. The van der Waals surface area contributed by atoms with Crippen molar-refractivity contribution in [3.8, 4) is 5.88 Å². The van der Waals surface area contributed by atoms with Crippen molar-refractivity contribution >= 4 is 39.9 Å². The van der Waals surface area contributed by atoms with Gasteiger partial charge in [-0.1, -0.05) is 23.7 Å². The summed E-state index contributed by atoms with van der Waals surface area (Å²) < 4.78 is 45.6. The molecule has 0 bridgehead atoms. The second kappa shape index (κ2) is 7.22. The molecule has 2 heterocycles. The van der Waals surface area contributed by atoms with Crippen LogP contribution in [0.15, 0.2) is 41.4 Å². The smallest absolute Gasteiger partial charge is 0.480 e. The summed E-state index contributed by atoms with van der Waals surface area (Å²) in [7, 11) is -3.42. The summed E-state index contributed by atoms with van der Waals surface area (Å²) in [6.45, 7) is 7.67. The summed E-state index contributed by atoms with van der Waals surface area (Å²) in [5.41, 5.74) is -0.398. The first kappa shape index (κ1) is 20.9. The molecule has 0 atom stereocenters. The topological polar surface area (TPSA) is 86.8 Å². The van der Waals surface area contributed by atoms with E-state index in [1.165, 1.54) is 19.4 Å². The Hall–Kier alpha value is -1.81. The number of aromatic nitrogens is 1. The minimum absolute atomic E-state index is 0.0418. The molecule has 1 aromatic carbocycles. The van der Waals surface area contributed by atoms with Gasteiger partial charge in [0.05, 0.1) is 29.0 Å². The highest BCUT2D eigenvalue weighted by molar-refractivity contribution is 7.92. The standard InChI is InChI=1S/C18H22BClN2O5S/c1-17(2)18(3,4)27-19(26-17)12-10-15(16(25-5)21-11-12)28(23,24)22-14-9-7-6-8-13(14)20/h6-11,22H,1-5H3. The predicted octanol–water partition coefficient (Wildman–Crippen LogP) is 2.84. The van der Waals surface area contributed by atoms with E-state index < -0.39 is 28.3 Å². The van der Waals surface area contributed by atoms with Crippen LogP contribution in [0.25, 0.3) is 0 Å². The molecule has 1 aliphatic rings. The van der Waals surface area contributed by atoms with Crippen LogP contribution in [0.1, 0.15) is 27.7 Å². The first-order chi connectivity index (χ1) is 13.0. The van der Waals surface area contributed by atoms with E-state index in [1.54, 1.807) is 24.3 Å². The molecule has 1 aliphatic heterocycles. The number of anilines is 1. The lowest BCUT2D eigenvalue weighted by Gasteiger charge is -2.32. The number of pyridine rings is 1. The number of sulfonamides is 1. The molecule has 28 heavy (non-hydrogen) atoms. The van der Waals surface area contributed by atoms with E-state index in [1.807, 2.05) is 27.7 Å². The van der Waals surface area contributed by atoms with Gasteiger partial charge in [-0.25, -0.2) is 13.4 Å². The Kier molecular flexibility index (Phi) is 5.39. The Morgan fingerprint density at radius 2 is 1.75 bits per heavy atom. The van der Waals surface area contributed by atoms with Crippen LogP contribution in [-0.2, 0) is 19.3 Å². The largest absolute Gasteiger partial charge is 0.496 e. The van der Waals surface area contributed by atoms with Gasteiger partial charge >= 0.3 is 7.12 Å². The number of nitrogens with one attached hydrogen (secondary N) is 1. The van der Waals surface area contributed by atoms with Crippen LogP contribution < -0.4 is 14.9 Å². The summed E-state index contributed by atoms with van der Waals surface area (Å²) in [5, 5.41) is 0.278. The minimum Gasteiger partial charge on any atom is -0.480 e. The Bertz CT molecular complexity index is 981. The third-order valence-electron chi connectivity index (χ3n) is 4.97. The van der Waals surface area contributed by atoms with Gasteiger partial charge in [-0.3, -0.25) is 4.72 Å². The number of halogens is 1. The number of rotatable bonds is 5. The van der Waals surface area contributed by atoms with Crippen molar-refractivity contribution in [1.29, 1.82) is 0 Å². The van der Waals surface area contributed by atoms with E-state index in [0.717, 1.165) is 0 Å². The fourth-order valence-electron chi connectivity index (χ4n) is 2.64. The summed E-state index contributed by atoms with van der Waals surface area (Å²) in [6.07, 6.45) is 1.48. The van der Waals surface area contributed by atoms with Crippen LogP contribution in [0.5, 0.6) is 5.88 Å². The normalized spacial score (nSPS) is 18.1. The molecule has 3 rings (SSSR count). The summed E-state index contributed by atoms with van der Waals surface area (Å²) in [5.74, 6) is -0.0418. The van der Waals surface area contributed by atoms with Crippen LogP contribution in [-0.4, -0.2) is 38.8 Å². The van der Waals surface area contributed by atoms with Crippen LogP contribution in [0.3, 0.4) is 0 Å². The highest BCUT2D eigenvalue weighted by atomic mass is 35.5. The molecule has 0 saturated carbocycles. The van der Waals surface area contributed by atoms with Gasteiger partial charge in [-0.2, -0.15) is 0 Å². The number of para-hydroxylation sites is 1. The lowest BCUT2D eigenvalue weighted by atomic mass is 9.80. The maximum absolute atomic E-state index is 13.0. The highest BCUT2D eigenvalue weighted by Gasteiger charge is 2.52. The molecule has 1 saturated heterocycles. The second-order valence-corrected chi connectivity index (χ2v) is 9.51. The van der Waals surface area contributed by atoms with Crippen molar-refractivity contribution in [2.75, 3.05) is 11.8 Å². The first-order valence-electron chi connectivity index (χ1n) is 8.64. The number of benzene rings is 1. The van der Waals surface area contributed by atoms with E-state index in [2.05, 4.69) is 9.71 Å². The zero-order valence-corrected chi connectivity index (χ0v) is 17.9. The van der Waals surface area contributed by atoms with E-state index in [9.17, 15) is 8.42 Å². The molecule has 10 heteroatoms. The number of hydrogen-bond donors (Lipinski definition) is 1. The fraction of sp³-hybridized carbons (Fsp3) is 0.389. The van der Waals surface area contributed by atoms with E-state index in [4.69, 9.17) is 25.6 Å². The van der Waals surface area contributed by atoms with Crippen molar-refractivity contribution in [3.05, 3.63) is 41.6 Å². The fourth-order valence-corrected chi connectivity index (χ4v) is 4.12. The highest BCUT2D eigenvalue weighted by Crippen LogP contribution is 2.37. The van der Waals surface area contributed by atoms with Crippen molar-refractivity contribution in [2.24, 2.45) is 0 Å². The van der Waals surface area contributed by atoms with Gasteiger partial charge in [0.1, 0.15) is 4.90 Å². The van der Waals surface area contributed by atoms with Gasteiger partial charge in [-0.15, -0.1) is 0 Å². The number of hydrogen-bond acceptors (Lipinski definition) is 6. The number of methoxy groups -OCH3 is 1. The Balaban J connectivity index is 1.99. The lowest BCUT2D eigenvalue weighted by Crippen LogP contribution is -2.41. The molecule has 2 aromatic rings. The van der Waals surface area contributed by atoms with E-state index >= 15 is 0 Å². The Labute approximate surface area is 170 Å². The maximum atomic E-state index is 13.0. The molecule has 0 spiro atoms. The molecule has 0 aliphatic carbocycles. The molecule has 0 unspecified atom stereocenters. The van der Waals surface area contributed by atoms with Crippen molar-refractivity contribution in [3.63, 3.8) is 0 Å². The number of nitrogens with zero attached hydrogens (tertiary/aromatic N) is 1. The molecule has 1 aromatic heterocycles.